The maximum absolute atomic E-state index is 12.7. The predicted molar refractivity (Wildman–Crippen MR) is 79.4 cm³/mol. The summed E-state index contributed by atoms with van der Waals surface area (Å²) in [6, 6.07) is 0.479. The summed E-state index contributed by atoms with van der Waals surface area (Å²) in [5, 5.41) is 7.00. The van der Waals surface area contributed by atoms with Gasteiger partial charge < -0.3 is 9.64 Å². The van der Waals surface area contributed by atoms with E-state index in [4.69, 9.17) is 4.74 Å². The number of H-pyrrole nitrogens is 1. The summed E-state index contributed by atoms with van der Waals surface area (Å²) < 4.78 is 5.40. The van der Waals surface area contributed by atoms with E-state index in [2.05, 4.69) is 28.9 Å². The van der Waals surface area contributed by atoms with Gasteiger partial charge in [0.05, 0.1) is 30.7 Å². The third kappa shape index (κ3) is 2.96. The second kappa shape index (κ2) is 6.15. The van der Waals surface area contributed by atoms with Crippen LogP contribution < -0.4 is 0 Å². The van der Waals surface area contributed by atoms with E-state index in [0.29, 0.717) is 6.04 Å². The molecule has 1 aromatic rings. The summed E-state index contributed by atoms with van der Waals surface area (Å²) in [6.07, 6.45) is 2.72. The van der Waals surface area contributed by atoms with E-state index < -0.39 is 0 Å². The molecule has 1 N–H and O–H groups in total. The highest BCUT2D eigenvalue weighted by molar-refractivity contribution is 5.95. The van der Waals surface area contributed by atoms with Crippen LogP contribution in [0.3, 0.4) is 0 Å². The highest BCUT2D eigenvalue weighted by Gasteiger charge is 2.32. The standard InChI is InChI=1S/C15H24N4O2/c1-11(2)14-13(9-16-17-14)15(20)19-4-3-12(10-19)18-5-7-21-8-6-18/h9,11-12H,3-8,10H2,1-2H3,(H,16,17). The third-order valence-corrected chi connectivity index (χ3v) is 4.49. The lowest BCUT2D eigenvalue weighted by Crippen LogP contribution is -2.45. The number of nitrogens with one attached hydrogen (secondary N) is 1. The van der Waals surface area contributed by atoms with Crippen LogP contribution in [0.5, 0.6) is 0 Å². The molecule has 3 rings (SSSR count). The Hall–Kier alpha value is -1.40. The Kier molecular flexibility index (Phi) is 4.26. The molecule has 2 aliphatic rings. The average Bonchev–Trinajstić information content (AvgIpc) is 3.17. The van der Waals surface area contributed by atoms with Crippen LogP contribution in [0.15, 0.2) is 6.20 Å². The van der Waals surface area contributed by atoms with E-state index in [1.54, 1.807) is 6.20 Å². The Morgan fingerprint density at radius 3 is 2.86 bits per heavy atom. The molecule has 0 spiro atoms. The molecule has 6 heteroatoms. The Balaban J connectivity index is 1.65. The number of hydrogen-bond acceptors (Lipinski definition) is 4. The Labute approximate surface area is 125 Å². The number of morpholine rings is 1. The topological polar surface area (TPSA) is 61.5 Å². The number of aromatic nitrogens is 2. The number of amides is 1. The molecular weight excluding hydrogens is 268 g/mol. The summed E-state index contributed by atoms with van der Waals surface area (Å²) in [7, 11) is 0. The van der Waals surface area contributed by atoms with Crippen molar-refractivity contribution in [1.29, 1.82) is 0 Å². The number of rotatable bonds is 3. The molecule has 1 unspecified atom stereocenters. The first-order chi connectivity index (χ1) is 10.2. The number of carbonyl (C=O) groups excluding carboxylic acids is 1. The lowest BCUT2D eigenvalue weighted by molar-refractivity contribution is 0.0185. The molecule has 2 aliphatic heterocycles. The zero-order chi connectivity index (χ0) is 14.8. The van der Waals surface area contributed by atoms with Gasteiger partial charge in [-0.3, -0.25) is 14.8 Å². The molecular formula is C15H24N4O2. The van der Waals surface area contributed by atoms with Crippen LogP contribution in [0.25, 0.3) is 0 Å². The van der Waals surface area contributed by atoms with Gasteiger partial charge in [0.2, 0.25) is 0 Å². The van der Waals surface area contributed by atoms with Gasteiger partial charge in [-0.15, -0.1) is 0 Å². The molecule has 2 fully saturated rings. The second-order valence-corrected chi connectivity index (χ2v) is 6.19. The van der Waals surface area contributed by atoms with Crippen LogP contribution in [0.4, 0.5) is 0 Å². The molecule has 116 valence electrons. The maximum Gasteiger partial charge on any atom is 0.257 e. The molecule has 1 aromatic heterocycles. The van der Waals surface area contributed by atoms with Crippen molar-refractivity contribution in [2.75, 3.05) is 39.4 Å². The molecule has 0 aliphatic carbocycles. The Morgan fingerprint density at radius 1 is 1.38 bits per heavy atom. The summed E-state index contributed by atoms with van der Waals surface area (Å²) >= 11 is 0. The van der Waals surface area contributed by atoms with Gasteiger partial charge in [-0.05, 0) is 12.3 Å². The highest BCUT2D eigenvalue weighted by Crippen LogP contribution is 2.22. The lowest BCUT2D eigenvalue weighted by Gasteiger charge is -2.32. The second-order valence-electron chi connectivity index (χ2n) is 6.19. The minimum Gasteiger partial charge on any atom is -0.379 e. The molecule has 0 bridgehead atoms. The van der Waals surface area contributed by atoms with Crippen molar-refractivity contribution in [1.82, 2.24) is 20.0 Å². The fourth-order valence-electron chi connectivity index (χ4n) is 3.24. The summed E-state index contributed by atoms with van der Waals surface area (Å²) in [5.74, 6) is 0.396. The summed E-state index contributed by atoms with van der Waals surface area (Å²) in [6.45, 7) is 9.39. The van der Waals surface area contributed by atoms with Crippen LogP contribution >= 0.6 is 0 Å². The van der Waals surface area contributed by atoms with Crippen molar-refractivity contribution < 1.29 is 9.53 Å². The van der Waals surface area contributed by atoms with Crippen LogP contribution in [-0.4, -0.2) is 71.3 Å². The normalized spacial score (nSPS) is 24.0. The molecule has 2 saturated heterocycles. The zero-order valence-corrected chi connectivity index (χ0v) is 12.8. The van der Waals surface area contributed by atoms with E-state index >= 15 is 0 Å². The highest BCUT2D eigenvalue weighted by atomic mass is 16.5. The van der Waals surface area contributed by atoms with E-state index in [9.17, 15) is 4.79 Å². The molecule has 6 nitrogen and oxygen atoms in total. The van der Waals surface area contributed by atoms with Gasteiger partial charge >= 0.3 is 0 Å². The smallest absolute Gasteiger partial charge is 0.257 e. The van der Waals surface area contributed by atoms with Gasteiger partial charge in [-0.25, -0.2) is 0 Å². The van der Waals surface area contributed by atoms with E-state index in [1.807, 2.05) is 4.90 Å². The molecule has 1 atom stereocenters. The molecule has 0 radical (unpaired) electrons. The van der Waals surface area contributed by atoms with Gasteiger partial charge in [-0.1, -0.05) is 13.8 Å². The Morgan fingerprint density at radius 2 is 2.14 bits per heavy atom. The predicted octanol–water partition coefficient (Wildman–Crippen LogP) is 1.08. The van der Waals surface area contributed by atoms with Crippen molar-refractivity contribution >= 4 is 5.91 Å². The minimum absolute atomic E-state index is 0.114. The number of hydrogen-bond donors (Lipinski definition) is 1. The molecule has 3 heterocycles. The lowest BCUT2D eigenvalue weighted by atomic mass is 10.1. The first kappa shape index (κ1) is 14.5. The van der Waals surface area contributed by atoms with Crippen LogP contribution in [0, 0.1) is 0 Å². The fraction of sp³-hybridized carbons (Fsp3) is 0.733. The maximum atomic E-state index is 12.7. The Bertz CT molecular complexity index is 494. The summed E-state index contributed by atoms with van der Waals surface area (Å²) in [4.78, 5) is 17.1. The first-order valence-electron chi connectivity index (χ1n) is 7.81. The van der Waals surface area contributed by atoms with Crippen molar-refractivity contribution in [3.05, 3.63) is 17.5 Å². The quantitative estimate of drug-likeness (QED) is 0.905. The van der Waals surface area contributed by atoms with Crippen LogP contribution in [0.2, 0.25) is 0 Å². The van der Waals surface area contributed by atoms with Crippen LogP contribution in [-0.2, 0) is 4.74 Å². The van der Waals surface area contributed by atoms with Gasteiger partial charge in [-0.2, -0.15) is 5.10 Å². The average molecular weight is 292 g/mol. The molecule has 21 heavy (non-hydrogen) atoms. The van der Waals surface area contributed by atoms with Crippen molar-refractivity contribution in [3.8, 4) is 0 Å². The first-order valence-corrected chi connectivity index (χ1v) is 7.81. The number of likely N-dealkylation sites (tertiary alicyclic amines) is 1. The van der Waals surface area contributed by atoms with Crippen molar-refractivity contribution in [3.63, 3.8) is 0 Å². The van der Waals surface area contributed by atoms with E-state index in [-0.39, 0.29) is 11.8 Å². The molecule has 1 amide bonds. The number of ether oxygens (including phenoxy) is 1. The number of carbonyl (C=O) groups is 1. The van der Waals surface area contributed by atoms with Gasteiger partial charge in [0.25, 0.3) is 5.91 Å². The van der Waals surface area contributed by atoms with E-state index in [0.717, 1.165) is 57.1 Å². The third-order valence-electron chi connectivity index (χ3n) is 4.49. The summed E-state index contributed by atoms with van der Waals surface area (Å²) in [5.41, 5.74) is 1.67. The minimum atomic E-state index is 0.114. The van der Waals surface area contributed by atoms with Gasteiger partial charge in [0.15, 0.2) is 0 Å². The molecule has 0 saturated carbocycles. The molecule has 0 aromatic carbocycles. The van der Waals surface area contributed by atoms with Crippen molar-refractivity contribution in [2.45, 2.75) is 32.2 Å². The SMILES string of the molecule is CC(C)c1[nH]ncc1C(=O)N1CCC(N2CCOCC2)C1. The largest absolute Gasteiger partial charge is 0.379 e. The zero-order valence-electron chi connectivity index (χ0n) is 12.8. The van der Waals surface area contributed by atoms with Gasteiger partial charge in [0.1, 0.15) is 0 Å². The number of aromatic amines is 1. The van der Waals surface area contributed by atoms with E-state index in [1.165, 1.54) is 0 Å². The number of nitrogens with zero attached hydrogens (tertiary/aromatic N) is 3. The van der Waals surface area contributed by atoms with Crippen molar-refractivity contribution in [2.24, 2.45) is 0 Å². The fourth-order valence-corrected chi connectivity index (χ4v) is 3.24. The van der Waals surface area contributed by atoms with Gasteiger partial charge in [0, 0.05) is 32.2 Å². The van der Waals surface area contributed by atoms with Crippen LogP contribution in [0.1, 0.15) is 42.2 Å². The monoisotopic (exact) mass is 292 g/mol.